The summed E-state index contributed by atoms with van der Waals surface area (Å²) in [5.74, 6) is 3.93. The molecule has 0 unspecified atom stereocenters. The number of nitrogens with one attached hydrogen (secondary N) is 1. The van der Waals surface area contributed by atoms with Crippen LogP contribution in [-0.4, -0.2) is 16.5 Å². The van der Waals surface area contributed by atoms with Crippen molar-refractivity contribution in [3.05, 3.63) is 24.3 Å². The number of nitrogens with zero attached hydrogens (tertiary/aromatic N) is 2. The molecule has 0 amide bonds. The molecule has 4 heteroatoms. The zero-order chi connectivity index (χ0) is 13.5. The highest BCUT2D eigenvalue weighted by atomic mass is 15.1. The molecule has 1 aromatic carbocycles. The number of hydrogen-bond acceptors (Lipinski definition) is 4. The number of nitrogens with two attached hydrogens (primary N) is 1. The number of rotatable bonds is 5. The van der Waals surface area contributed by atoms with Crippen LogP contribution in [0, 0.1) is 17.8 Å². The topological polar surface area (TPSA) is 63.8 Å². The summed E-state index contributed by atoms with van der Waals surface area (Å²) in [6, 6.07) is 7.86. The molecule has 2 saturated carbocycles. The fraction of sp³-hybridized carbons (Fsp3) is 0.500. The third-order valence-corrected chi connectivity index (χ3v) is 4.56. The Hall–Kier alpha value is -1.84. The third-order valence-electron chi connectivity index (χ3n) is 4.56. The second kappa shape index (κ2) is 4.62. The van der Waals surface area contributed by atoms with Crippen molar-refractivity contribution in [1.29, 1.82) is 0 Å². The minimum atomic E-state index is 0.508. The minimum absolute atomic E-state index is 0.508. The molecular formula is C16H20N4. The van der Waals surface area contributed by atoms with Gasteiger partial charge in [-0.1, -0.05) is 12.1 Å². The SMILES string of the molecule is Nc1nc2ccccc2nc1NCC(C1CC1)C1CC1. The van der Waals surface area contributed by atoms with E-state index >= 15 is 0 Å². The van der Waals surface area contributed by atoms with E-state index < -0.39 is 0 Å². The molecule has 104 valence electrons. The Kier molecular flexibility index (Phi) is 2.76. The first kappa shape index (κ1) is 11.9. The number of nitrogen functional groups attached to an aromatic ring is 1. The van der Waals surface area contributed by atoms with Crippen LogP contribution in [-0.2, 0) is 0 Å². The molecule has 4 nitrogen and oxygen atoms in total. The first-order valence-electron chi connectivity index (χ1n) is 7.57. The van der Waals surface area contributed by atoms with E-state index in [1.165, 1.54) is 25.7 Å². The molecule has 0 spiro atoms. The van der Waals surface area contributed by atoms with Gasteiger partial charge in [-0.05, 0) is 55.6 Å². The summed E-state index contributed by atoms with van der Waals surface area (Å²) >= 11 is 0. The summed E-state index contributed by atoms with van der Waals surface area (Å²) < 4.78 is 0. The van der Waals surface area contributed by atoms with Gasteiger partial charge in [0.1, 0.15) is 0 Å². The molecule has 2 aliphatic carbocycles. The van der Waals surface area contributed by atoms with E-state index in [0.29, 0.717) is 5.82 Å². The van der Waals surface area contributed by atoms with E-state index in [2.05, 4.69) is 15.3 Å². The number of fused-ring (bicyclic) bond motifs is 1. The second-order valence-corrected chi connectivity index (χ2v) is 6.17. The highest BCUT2D eigenvalue weighted by Gasteiger charge is 2.41. The molecule has 20 heavy (non-hydrogen) atoms. The molecule has 0 aliphatic heterocycles. The van der Waals surface area contributed by atoms with Crippen LogP contribution in [0.5, 0.6) is 0 Å². The fourth-order valence-corrected chi connectivity index (χ4v) is 3.13. The van der Waals surface area contributed by atoms with Gasteiger partial charge in [0, 0.05) is 6.54 Å². The van der Waals surface area contributed by atoms with Crippen molar-refractivity contribution >= 4 is 22.7 Å². The number of para-hydroxylation sites is 2. The molecule has 0 radical (unpaired) electrons. The first-order valence-corrected chi connectivity index (χ1v) is 7.57. The van der Waals surface area contributed by atoms with Crippen molar-refractivity contribution in [2.45, 2.75) is 25.7 Å². The number of anilines is 2. The molecule has 0 atom stereocenters. The lowest BCUT2D eigenvalue weighted by Gasteiger charge is -2.17. The van der Waals surface area contributed by atoms with Gasteiger partial charge in [-0.15, -0.1) is 0 Å². The van der Waals surface area contributed by atoms with Gasteiger partial charge in [0.25, 0.3) is 0 Å². The van der Waals surface area contributed by atoms with Crippen molar-refractivity contribution in [1.82, 2.24) is 9.97 Å². The van der Waals surface area contributed by atoms with Crippen LogP contribution in [0.1, 0.15) is 25.7 Å². The summed E-state index contributed by atoms with van der Waals surface area (Å²) in [7, 11) is 0. The summed E-state index contributed by atoms with van der Waals surface area (Å²) in [6.07, 6.45) is 5.62. The van der Waals surface area contributed by atoms with Crippen molar-refractivity contribution in [3.63, 3.8) is 0 Å². The molecular weight excluding hydrogens is 248 g/mol. The standard InChI is InChI=1S/C16H20N4/c17-15-16(20-14-4-2-1-3-13(14)19-15)18-9-12(10-5-6-10)11-7-8-11/h1-4,10-12H,5-9H2,(H2,17,19)(H,18,20). The molecule has 2 aliphatic rings. The van der Waals surface area contributed by atoms with Gasteiger partial charge in [0.05, 0.1) is 11.0 Å². The zero-order valence-corrected chi connectivity index (χ0v) is 11.5. The Balaban J connectivity index is 1.53. The van der Waals surface area contributed by atoms with Crippen LogP contribution in [0.4, 0.5) is 11.6 Å². The van der Waals surface area contributed by atoms with Crippen LogP contribution < -0.4 is 11.1 Å². The summed E-state index contributed by atoms with van der Waals surface area (Å²) in [5.41, 5.74) is 7.78. The maximum atomic E-state index is 6.02. The van der Waals surface area contributed by atoms with Gasteiger partial charge < -0.3 is 11.1 Å². The predicted molar refractivity (Wildman–Crippen MR) is 81.4 cm³/mol. The molecule has 1 heterocycles. The molecule has 0 bridgehead atoms. The lowest BCUT2D eigenvalue weighted by atomic mass is 9.98. The zero-order valence-electron chi connectivity index (χ0n) is 11.5. The summed E-state index contributed by atoms with van der Waals surface area (Å²) in [6.45, 7) is 0.993. The molecule has 3 N–H and O–H groups in total. The van der Waals surface area contributed by atoms with E-state index in [4.69, 9.17) is 5.73 Å². The van der Waals surface area contributed by atoms with Crippen LogP contribution in [0.2, 0.25) is 0 Å². The Labute approximate surface area is 118 Å². The molecule has 1 aromatic heterocycles. The van der Waals surface area contributed by atoms with Crippen molar-refractivity contribution in [3.8, 4) is 0 Å². The average molecular weight is 268 g/mol. The smallest absolute Gasteiger partial charge is 0.169 e. The highest BCUT2D eigenvalue weighted by Crippen LogP contribution is 2.49. The predicted octanol–water partition coefficient (Wildman–Crippen LogP) is 3.06. The largest absolute Gasteiger partial charge is 0.381 e. The van der Waals surface area contributed by atoms with E-state index in [1.54, 1.807) is 0 Å². The van der Waals surface area contributed by atoms with Crippen LogP contribution in [0.15, 0.2) is 24.3 Å². The van der Waals surface area contributed by atoms with Gasteiger partial charge >= 0.3 is 0 Å². The van der Waals surface area contributed by atoms with E-state index in [9.17, 15) is 0 Å². The summed E-state index contributed by atoms with van der Waals surface area (Å²) in [4.78, 5) is 9.03. The third kappa shape index (κ3) is 2.30. The molecule has 2 fully saturated rings. The van der Waals surface area contributed by atoms with E-state index in [1.807, 2.05) is 24.3 Å². The second-order valence-electron chi connectivity index (χ2n) is 6.17. The minimum Gasteiger partial charge on any atom is -0.381 e. The average Bonchev–Trinajstić information content (AvgIpc) is 3.33. The van der Waals surface area contributed by atoms with E-state index in [-0.39, 0.29) is 0 Å². The van der Waals surface area contributed by atoms with E-state index in [0.717, 1.165) is 41.1 Å². The van der Waals surface area contributed by atoms with Crippen LogP contribution in [0.3, 0.4) is 0 Å². The fourth-order valence-electron chi connectivity index (χ4n) is 3.13. The lowest BCUT2D eigenvalue weighted by Crippen LogP contribution is -2.19. The number of hydrogen-bond donors (Lipinski definition) is 2. The van der Waals surface area contributed by atoms with Crippen LogP contribution in [0.25, 0.3) is 11.0 Å². The Bertz CT molecular complexity index is 619. The quantitative estimate of drug-likeness (QED) is 0.874. The Morgan fingerprint density at radius 3 is 2.25 bits per heavy atom. The van der Waals surface area contributed by atoms with Crippen LogP contribution >= 0.6 is 0 Å². The Morgan fingerprint density at radius 1 is 1.05 bits per heavy atom. The van der Waals surface area contributed by atoms with Gasteiger partial charge in [0.2, 0.25) is 0 Å². The van der Waals surface area contributed by atoms with Gasteiger partial charge in [0.15, 0.2) is 11.6 Å². The normalized spacial score (nSPS) is 18.6. The number of aromatic nitrogens is 2. The van der Waals surface area contributed by atoms with Crippen molar-refractivity contribution < 1.29 is 0 Å². The molecule has 2 aromatic rings. The van der Waals surface area contributed by atoms with Gasteiger partial charge in [-0.3, -0.25) is 0 Å². The van der Waals surface area contributed by atoms with Crippen molar-refractivity contribution in [2.24, 2.45) is 17.8 Å². The summed E-state index contributed by atoms with van der Waals surface area (Å²) in [5, 5.41) is 3.45. The maximum absolute atomic E-state index is 6.02. The number of benzene rings is 1. The van der Waals surface area contributed by atoms with Gasteiger partial charge in [-0.2, -0.15) is 0 Å². The maximum Gasteiger partial charge on any atom is 0.169 e. The van der Waals surface area contributed by atoms with Crippen molar-refractivity contribution in [2.75, 3.05) is 17.6 Å². The molecule has 4 rings (SSSR count). The van der Waals surface area contributed by atoms with Gasteiger partial charge in [-0.25, -0.2) is 9.97 Å². The lowest BCUT2D eigenvalue weighted by molar-refractivity contribution is 0.428. The monoisotopic (exact) mass is 268 g/mol. The molecule has 0 saturated heterocycles. The first-order chi connectivity index (χ1) is 9.81. The Morgan fingerprint density at radius 2 is 1.65 bits per heavy atom. The highest BCUT2D eigenvalue weighted by molar-refractivity contribution is 5.79.